The quantitative estimate of drug-likeness (QED) is 0.736. The third-order valence-corrected chi connectivity index (χ3v) is 3.58. The van der Waals surface area contributed by atoms with Gasteiger partial charge in [0.15, 0.2) is 0 Å². The van der Waals surface area contributed by atoms with E-state index < -0.39 is 0 Å². The molecule has 0 saturated heterocycles. The first-order chi connectivity index (χ1) is 9.20. The van der Waals surface area contributed by atoms with Crippen LogP contribution in [-0.4, -0.2) is 23.8 Å². The van der Waals surface area contributed by atoms with Crippen molar-refractivity contribution in [2.75, 3.05) is 6.61 Å². The Hall–Kier alpha value is -1.55. The van der Waals surface area contributed by atoms with E-state index in [1.54, 1.807) is 0 Å². The Balaban J connectivity index is 1.91. The van der Waals surface area contributed by atoms with Crippen molar-refractivity contribution in [3.8, 4) is 0 Å². The maximum atomic E-state index is 11.9. The number of nitrogens with one attached hydrogen (secondary N) is 2. The summed E-state index contributed by atoms with van der Waals surface area (Å²) in [4.78, 5) is 11.9. The van der Waals surface area contributed by atoms with E-state index in [4.69, 9.17) is 5.11 Å². The maximum absolute atomic E-state index is 11.9. The minimum Gasteiger partial charge on any atom is -0.396 e. The summed E-state index contributed by atoms with van der Waals surface area (Å²) in [6.07, 6.45) is 2.49. The van der Waals surface area contributed by atoms with Crippen LogP contribution >= 0.6 is 0 Å². The Kier molecular flexibility index (Phi) is 4.80. The molecule has 4 nitrogen and oxygen atoms in total. The van der Waals surface area contributed by atoms with Crippen molar-refractivity contribution in [2.24, 2.45) is 5.92 Å². The topological polar surface area (TPSA) is 61.4 Å². The zero-order chi connectivity index (χ0) is 13.7. The average molecular weight is 262 g/mol. The van der Waals surface area contributed by atoms with Gasteiger partial charge < -0.3 is 15.7 Å². The van der Waals surface area contributed by atoms with E-state index in [9.17, 15) is 4.79 Å². The normalized spacial score (nSPS) is 22.6. The van der Waals surface area contributed by atoms with Crippen molar-refractivity contribution >= 4 is 6.03 Å². The number of carbonyl (C=O) groups excluding carboxylic acids is 1. The number of hydrogen-bond acceptors (Lipinski definition) is 2. The van der Waals surface area contributed by atoms with Gasteiger partial charge in [-0.05, 0) is 30.7 Å². The standard InChI is InChI=1S/C15H22N2O2/c1-11-10-14(11)17-15(19)16-13(8-5-9-18)12-6-3-2-4-7-12/h2-4,6-7,11,13-14,18H,5,8-10H2,1H3,(H2,16,17,19). The van der Waals surface area contributed by atoms with Gasteiger partial charge >= 0.3 is 6.03 Å². The summed E-state index contributed by atoms with van der Waals surface area (Å²) in [5.41, 5.74) is 1.08. The molecule has 1 saturated carbocycles. The summed E-state index contributed by atoms with van der Waals surface area (Å²) >= 11 is 0. The number of carbonyl (C=O) groups is 1. The molecule has 2 amide bonds. The summed E-state index contributed by atoms with van der Waals surface area (Å²) in [5.74, 6) is 0.596. The highest BCUT2D eigenvalue weighted by atomic mass is 16.3. The number of rotatable bonds is 6. The summed E-state index contributed by atoms with van der Waals surface area (Å²) in [6, 6.07) is 10.1. The van der Waals surface area contributed by atoms with E-state index in [1.165, 1.54) is 0 Å². The van der Waals surface area contributed by atoms with Crippen molar-refractivity contribution in [1.82, 2.24) is 10.6 Å². The molecule has 19 heavy (non-hydrogen) atoms. The van der Waals surface area contributed by atoms with Gasteiger partial charge in [0.05, 0.1) is 6.04 Å². The Bertz CT molecular complexity index is 408. The molecular weight excluding hydrogens is 240 g/mol. The van der Waals surface area contributed by atoms with Gasteiger partial charge in [-0.2, -0.15) is 0 Å². The number of benzene rings is 1. The zero-order valence-electron chi connectivity index (χ0n) is 11.3. The molecule has 1 aliphatic carbocycles. The van der Waals surface area contributed by atoms with Gasteiger partial charge in [-0.15, -0.1) is 0 Å². The minimum absolute atomic E-state index is 0.0394. The number of aliphatic hydroxyl groups excluding tert-OH is 1. The number of amides is 2. The van der Waals surface area contributed by atoms with Gasteiger partial charge in [0.25, 0.3) is 0 Å². The highest BCUT2D eigenvalue weighted by molar-refractivity contribution is 5.75. The van der Waals surface area contributed by atoms with Gasteiger partial charge in [0.1, 0.15) is 0 Å². The van der Waals surface area contributed by atoms with Crippen molar-refractivity contribution in [1.29, 1.82) is 0 Å². The van der Waals surface area contributed by atoms with Crippen LogP contribution < -0.4 is 10.6 Å². The molecule has 1 aromatic carbocycles. The Morgan fingerprint density at radius 1 is 1.42 bits per heavy atom. The molecule has 3 atom stereocenters. The monoisotopic (exact) mass is 262 g/mol. The van der Waals surface area contributed by atoms with E-state index in [0.29, 0.717) is 18.4 Å². The average Bonchev–Trinajstić information content (AvgIpc) is 3.10. The maximum Gasteiger partial charge on any atom is 0.315 e. The predicted octanol–water partition coefficient (Wildman–Crippen LogP) is 2.21. The molecule has 0 heterocycles. The molecule has 1 aromatic rings. The summed E-state index contributed by atoms with van der Waals surface area (Å²) in [7, 11) is 0. The molecule has 0 spiro atoms. The van der Waals surface area contributed by atoms with Gasteiger partial charge in [0, 0.05) is 12.6 Å². The fourth-order valence-electron chi connectivity index (χ4n) is 2.19. The number of aliphatic hydroxyl groups is 1. The highest BCUT2D eigenvalue weighted by Crippen LogP contribution is 2.29. The third-order valence-electron chi connectivity index (χ3n) is 3.58. The Morgan fingerprint density at radius 3 is 2.68 bits per heavy atom. The second-order valence-electron chi connectivity index (χ2n) is 5.27. The largest absolute Gasteiger partial charge is 0.396 e. The van der Waals surface area contributed by atoms with Gasteiger partial charge in [-0.1, -0.05) is 37.3 Å². The van der Waals surface area contributed by atoms with E-state index in [1.807, 2.05) is 30.3 Å². The van der Waals surface area contributed by atoms with E-state index in [0.717, 1.165) is 18.4 Å². The first kappa shape index (κ1) is 13.9. The summed E-state index contributed by atoms with van der Waals surface area (Å²) < 4.78 is 0. The van der Waals surface area contributed by atoms with Crippen LogP contribution in [0.3, 0.4) is 0 Å². The molecule has 0 radical (unpaired) electrons. The van der Waals surface area contributed by atoms with E-state index in [2.05, 4.69) is 17.6 Å². The minimum atomic E-state index is -0.110. The van der Waals surface area contributed by atoms with Crippen LogP contribution in [0.15, 0.2) is 30.3 Å². The van der Waals surface area contributed by atoms with E-state index >= 15 is 0 Å². The smallest absolute Gasteiger partial charge is 0.315 e. The fraction of sp³-hybridized carbons (Fsp3) is 0.533. The lowest BCUT2D eigenvalue weighted by atomic mass is 10.0. The van der Waals surface area contributed by atoms with Crippen LogP contribution in [0, 0.1) is 5.92 Å². The lowest BCUT2D eigenvalue weighted by Crippen LogP contribution is -2.39. The fourth-order valence-corrected chi connectivity index (χ4v) is 2.19. The highest BCUT2D eigenvalue weighted by Gasteiger charge is 2.34. The second-order valence-corrected chi connectivity index (χ2v) is 5.27. The molecule has 3 N–H and O–H groups in total. The Morgan fingerprint density at radius 2 is 2.11 bits per heavy atom. The van der Waals surface area contributed by atoms with Crippen molar-refractivity contribution < 1.29 is 9.90 Å². The van der Waals surface area contributed by atoms with Crippen LogP contribution in [0.5, 0.6) is 0 Å². The van der Waals surface area contributed by atoms with Crippen molar-refractivity contribution in [3.05, 3.63) is 35.9 Å². The van der Waals surface area contributed by atoms with E-state index in [-0.39, 0.29) is 18.7 Å². The van der Waals surface area contributed by atoms with Crippen LogP contribution in [0.2, 0.25) is 0 Å². The molecule has 4 heteroatoms. The molecule has 2 rings (SSSR count). The molecule has 1 fully saturated rings. The second kappa shape index (κ2) is 6.57. The first-order valence-corrected chi connectivity index (χ1v) is 6.93. The van der Waals surface area contributed by atoms with Crippen LogP contribution in [0.4, 0.5) is 4.79 Å². The molecule has 3 unspecified atom stereocenters. The first-order valence-electron chi connectivity index (χ1n) is 6.93. The molecule has 0 aromatic heterocycles. The van der Waals surface area contributed by atoms with Crippen molar-refractivity contribution in [2.45, 2.75) is 38.3 Å². The van der Waals surface area contributed by atoms with Gasteiger partial charge in [0.2, 0.25) is 0 Å². The number of urea groups is 1. The molecule has 104 valence electrons. The summed E-state index contributed by atoms with van der Waals surface area (Å²) in [5, 5.41) is 14.9. The predicted molar refractivity (Wildman–Crippen MR) is 74.7 cm³/mol. The lowest BCUT2D eigenvalue weighted by molar-refractivity contribution is 0.232. The zero-order valence-corrected chi connectivity index (χ0v) is 11.3. The third kappa shape index (κ3) is 4.24. The Labute approximate surface area is 114 Å². The molecule has 1 aliphatic rings. The van der Waals surface area contributed by atoms with Crippen LogP contribution in [-0.2, 0) is 0 Å². The SMILES string of the molecule is CC1CC1NC(=O)NC(CCCO)c1ccccc1. The summed E-state index contributed by atoms with van der Waals surface area (Å²) in [6.45, 7) is 2.28. The van der Waals surface area contributed by atoms with Crippen molar-refractivity contribution in [3.63, 3.8) is 0 Å². The molecular formula is C15H22N2O2. The number of hydrogen-bond donors (Lipinski definition) is 3. The molecule has 0 bridgehead atoms. The van der Waals surface area contributed by atoms with Gasteiger partial charge in [-0.3, -0.25) is 0 Å². The lowest BCUT2D eigenvalue weighted by Gasteiger charge is -2.19. The van der Waals surface area contributed by atoms with Gasteiger partial charge in [-0.25, -0.2) is 4.79 Å². The molecule has 0 aliphatic heterocycles. The van der Waals surface area contributed by atoms with Crippen LogP contribution in [0.1, 0.15) is 37.8 Å². The van der Waals surface area contributed by atoms with Crippen LogP contribution in [0.25, 0.3) is 0 Å².